The molecule has 7 nitrogen and oxygen atoms in total. The highest BCUT2D eigenvalue weighted by molar-refractivity contribution is 7.12. The van der Waals surface area contributed by atoms with Crippen LogP contribution in [0.5, 0.6) is 0 Å². The summed E-state index contributed by atoms with van der Waals surface area (Å²) in [6, 6.07) is 10.4. The predicted molar refractivity (Wildman–Crippen MR) is 114 cm³/mol. The average molecular weight is 423 g/mol. The van der Waals surface area contributed by atoms with Crippen LogP contribution in [0.25, 0.3) is 0 Å². The first-order valence-corrected chi connectivity index (χ1v) is 10.7. The first kappa shape index (κ1) is 20.0. The summed E-state index contributed by atoms with van der Waals surface area (Å²) >= 11 is 1.35. The maximum Gasteiger partial charge on any atom is 0.265 e. The van der Waals surface area contributed by atoms with Gasteiger partial charge in [0.15, 0.2) is 0 Å². The molecule has 0 spiro atoms. The molecule has 2 aliphatic rings. The molecule has 4 amide bonds. The Morgan fingerprint density at radius 2 is 1.63 bits per heavy atom. The molecule has 30 heavy (non-hydrogen) atoms. The predicted octanol–water partition coefficient (Wildman–Crippen LogP) is 3.28. The van der Waals surface area contributed by atoms with Crippen LogP contribution in [0.4, 0.5) is 11.4 Å². The van der Waals surface area contributed by atoms with E-state index < -0.39 is 0 Å². The number of allylic oxidation sites excluding steroid dienone is 2. The van der Waals surface area contributed by atoms with Crippen molar-refractivity contribution in [3.8, 4) is 0 Å². The van der Waals surface area contributed by atoms with Gasteiger partial charge in [0.2, 0.25) is 17.7 Å². The van der Waals surface area contributed by atoms with Crippen molar-refractivity contribution in [3.63, 3.8) is 0 Å². The molecule has 0 saturated carbocycles. The number of hydrogen-bond donors (Lipinski definition) is 2. The van der Waals surface area contributed by atoms with Crippen LogP contribution in [0.2, 0.25) is 0 Å². The van der Waals surface area contributed by atoms with Crippen LogP contribution >= 0.6 is 11.3 Å². The summed E-state index contributed by atoms with van der Waals surface area (Å²) in [6.07, 6.45) is 5.07. The number of fused-ring (bicyclic) bond motifs is 1. The minimum atomic E-state index is -0.301. The van der Waals surface area contributed by atoms with E-state index in [1.165, 1.54) is 16.2 Å². The van der Waals surface area contributed by atoms with Crippen molar-refractivity contribution in [1.29, 1.82) is 0 Å². The summed E-state index contributed by atoms with van der Waals surface area (Å²) in [6.45, 7) is 0.0747. The van der Waals surface area contributed by atoms with Gasteiger partial charge in [-0.1, -0.05) is 24.3 Å². The minimum Gasteiger partial charge on any atom is -0.326 e. The fraction of sp³-hybridized carbons (Fsp3) is 0.273. The van der Waals surface area contributed by atoms with Gasteiger partial charge in [0.1, 0.15) is 0 Å². The molecule has 1 aliphatic heterocycles. The van der Waals surface area contributed by atoms with Crippen molar-refractivity contribution in [2.45, 2.75) is 19.3 Å². The van der Waals surface area contributed by atoms with E-state index in [0.717, 1.165) is 0 Å². The number of hydrogen-bond acceptors (Lipinski definition) is 5. The number of anilines is 2. The normalized spacial score (nSPS) is 20.2. The van der Waals surface area contributed by atoms with Gasteiger partial charge in [-0.2, -0.15) is 0 Å². The zero-order valence-corrected chi connectivity index (χ0v) is 17.0. The largest absolute Gasteiger partial charge is 0.326 e. The quantitative estimate of drug-likeness (QED) is 0.551. The summed E-state index contributed by atoms with van der Waals surface area (Å²) in [5.74, 6) is -1.44. The Labute approximate surface area is 177 Å². The maximum absolute atomic E-state index is 12.5. The number of rotatable bonds is 6. The molecule has 8 heteroatoms. The molecule has 0 unspecified atom stereocenters. The highest BCUT2D eigenvalue weighted by Gasteiger charge is 2.46. The summed E-state index contributed by atoms with van der Waals surface area (Å²) < 4.78 is 0. The molecule has 2 heterocycles. The van der Waals surface area contributed by atoms with Gasteiger partial charge in [-0.05, 0) is 42.5 Å². The molecule has 1 saturated heterocycles. The van der Waals surface area contributed by atoms with Crippen LogP contribution in [0, 0.1) is 11.8 Å². The number of nitrogens with one attached hydrogen (secondary N) is 2. The Kier molecular flexibility index (Phi) is 5.76. The third kappa shape index (κ3) is 4.18. The Hall–Kier alpha value is -3.26. The van der Waals surface area contributed by atoms with Crippen molar-refractivity contribution in [1.82, 2.24) is 4.90 Å². The third-order valence-electron chi connectivity index (χ3n) is 5.31. The summed E-state index contributed by atoms with van der Waals surface area (Å²) in [4.78, 5) is 51.3. The molecule has 0 radical (unpaired) electrons. The first-order chi connectivity index (χ1) is 14.5. The molecule has 1 aromatic heterocycles. The van der Waals surface area contributed by atoms with E-state index in [1.807, 2.05) is 17.5 Å². The number of likely N-dealkylation sites (tertiary alicyclic amines) is 1. The smallest absolute Gasteiger partial charge is 0.265 e. The molecular weight excluding hydrogens is 402 g/mol. The molecule has 2 N–H and O–H groups in total. The number of carbonyl (C=O) groups excluding carboxylic acids is 4. The van der Waals surface area contributed by atoms with Crippen LogP contribution in [0.15, 0.2) is 53.9 Å². The lowest BCUT2D eigenvalue weighted by Gasteiger charge is -2.14. The van der Waals surface area contributed by atoms with Gasteiger partial charge in [-0.15, -0.1) is 11.3 Å². The van der Waals surface area contributed by atoms with Crippen molar-refractivity contribution in [2.24, 2.45) is 11.8 Å². The van der Waals surface area contributed by atoms with E-state index in [0.29, 0.717) is 29.1 Å². The van der Waals surface area contributed by atoms with Gasteiger partial charge in [0.25, 0.3) is 5.91 Å². The van der Waals surface area contributed by atoms with Crippen molar-refractivity contribution in [3.05, 3.63) is 58.8 Å². The fourth-order valence-electron chi connectivity index (χ4n) is 3.80. The second-order valence-corrected chi connectivity index (χ2v) is 8.24. The lowest BCUT2D eigenvalue weighted by Crippen LogP contribution is -2.34. The second-order valence-electron chi connectivity index (χ2n) is 7.29. The molecule has 0 bridgehead atoms. The number of carbonyl (C=O) groups is 4. The zero-order valence-electron chi connectivity index (χ0n) is 16.2. The first-order valence-electron chi connectivity index (χ1n) is 9.78. The molecular formula is C22H21N3O4S. The van der Waals surface area contributed by atoms with Gasteiger partial charge in [-0.3, -0.25) is 24.1 Å². The SMILES string of the molecule is O=C(CCN1C(=O)[C@@H]2CC=CC[C@H]2C1=O)Nc1cccc(NC(=O)c2cccs2)c1. The summed E-state index contributed by atoms with van der Waals surface area (Å²) in [5, 5.41) is 7.38. The Bertz CT molecular complexity index is 989. The Morgan fingerprint density at radius 3 is 2.27 bits per heavy atom. The van der Waals surface area contributed by atoms with Crippen LogP contribution in [-0.4, -0.2) is 35.1 Å². The second kappa shape index (κ2) is 8.62. The lowest BCUT2D eigenvalue weighted by molar-refractivity contribution is -0.140. The van der Waals surface area contributed by atoms with Gasteiger partial charge in [-0.25, -0.2) is 0 Å². The van der Waals surface area contributed by atoms with Crippen molar-refractivity contribution < 1.29 is 19.2 Å². The van der Waals surface area contributed by atoms with E-state index in [-0.39, 0.29) is 48.4 Å². The maximum atomic E-state index is 12.5. The molecule has 2 aromatic rings. The number of imide groups is 1. The van der Waals surface area contributed by atoms with Crippen LogP contribution in [0.3, 0.4) is 0 Å². The topological polar surface area (TPSA) is 95.6 Å². The van der Waals surface area contributed by atoms with E-state index in [9.17, 15) is 19.2 Å². The molecule has 154 valence electrons. The third-order valence-corrected chi connectivity index (χ3v) is 6.18. The van der Waals surface area contributed by atoms with E-state index >= 15 is 0 Å². The molecule has 4 rings (SSSR count). The standard InChI is InChI=1S/C22H21N3O4S/c26-19(10-11-25-21(28)16-7-1-2-8-17(16)22(25)29)23-14-5-3-6-15(13-14)24-20(27)18-9-4-12-30-18/h1-6,9,12-13,16-17H,7-8,10-11H2,(H,23,26)(H,24,27)/t16-,17-/m1/s1. The molecule has 1 fully saturated rings. The van der Waals surface area contributed by atoms with Gasteiger partial charge < -0.3 is 10.6 Å². The number of thiophene rings is 1. The van der Waals surface area contributed by atoms with Crippen molar-refractivity contribution in [2.75, 3.05) is 17.2 Å². The highest BCUT2D eigenvalue weighted by atomic mass is 32.1. The zero-order chi connectivity index (χ0) is 21.1. The molecule has 1 aliphatic carbocycles. The van der Waals surface area contributed by atoms with Crippen LogP contribution < -0.4 is 10.6 Å². The van der Waals surface area contributed by atoms with Crippen LogP contribution in [0.1, 0.15) is 28.9 Å². The van der Waals surface area contributed by atoms with Crippen molar-refractivity contribution >= 4 is 46.3 Å². The number of amides is 4. The highest BCUT2D eigenvalue weighted by Crippen LogP contribution is 2.35. The Balaban J connectivity index is 1.32. The summed E-state index contributed by atoms with van der Waals surface area (Å²) in [5.41, 5.74) is 1.09. The number of benzene rings is 1. The van der Waals surface area contributed by atoms with E-state index in [1.54, 1.807) is 36.4 Å². The summed E-state index contributed by atoms with van der Waals surface area (Å²) in [7, 11) is 0. The monoisotopic (exact) mass is 423 g/mol. The minimum absolute atomic E-state index is 0.0239. The van der Waals surface area contributed by atoms with Gasteiger partial charge in [0, 0.05) is 24.3 Å². The average Bonchev–Trinajstić information content (AvgIpc) is 3.36. The van der Waals surface area contributed by atoms with Gasteiger partial charge >= 0.3 is 0 Å². The van der Waals surface area contributed by atoms with Crippen LogP contribution in [-0.2, 0) is 14.4 Å². The van der Waals surface area contributed by atoms with Gasteiger partial charge in [0.05, 0.1) is 16.7 Å². The molecule has 1 aromatic carbocycles. The lowest BCUT2D eigenvalue weighted by atomic mass is 9.85. The molecule has 2 atom stereocenters. The number of nitrogens with zero attached hydrogens (tertiary/aromatic N) is 1. The Morgan fingerprint density at radius 1 is 0.967 bits per heavy atom. The van der Waals surface area contributed by atoms with E-state index in [2.05, 4.69) is 10.6 Å². The van der Waals surface area contributed by atoms with E-state index in [4.69, 9.17) is 0 Å². The fourth-order valence-corrected chi connectivity index (χ4v) is 4.42.